The van der Waals surface area contributed by atoms with Crippen LogP contribution < -0.4 is 10.6 Å². The van der Waals surface area contributed by atoms with E-state index < -0.39 is 17.6 Å². The maximum Gasteiger partial charge on any atom is 0.416 e. The lowest BCUT2D eigenvalue weighted by molar-refractivity contribution is -0.137. The maximum absolute atomic E-state index is 12.6. The Bertz CT molecular complexity index is 736. The molecule has 0 unspecified atom stereocenters. The van der Waals surface area contributed by atoms with Gasteiger partial charge in [-0.1, -0.05) is 19.3 Å². The summed E-state index contributed by atoms with van der Waals surface area (Å²) in [7, 11) is 0. The molecule has 1 saturated carbocycles. The van der Waals surface area contributed by atoms with Crippen LogP contribution in [0.5, 0.6) is 0 Å². The number of nitrogens with zero attached hydrogens (tertiary/aromatic N) is 1. The van der Waals surface area contributed by atoms with Crippen LogP contribution in [0.4, 0.5) is 24.7 Å². The molecule has 0 saturated heterocycles. The molecule has 1 aliphatic carbocycles. The number of benzene rings is 1. The van der Waals surface area contributed by atoms with Gasteiger partial charge in [0.15, 0.2) is 0 Å². The van der Waals surface area contributed by atoms with Gasteiger partial charge in [-0.25, -0.2) is 4.98 Å². The molecular weight excluding hydrogens is 343 g/mol. The lowest BCUT2D eigenvalue weighted by Crippen LogP contribution is -2.22. The van der Waals surface area contributed by atoms with Crippen molar-refractivity contribution in [3.8, 4) is 0 Å². The van der Waals surface area contributed by atoms with Gasteiger partial charge in [-0.3, -0.25) is 4.79 Å². The summed E-state index contributed by atoms with van der Waals surface area (Å²) in [4.78, 5) is 16.5. The first-order valence-corrected chi connectivity index (χ1v) is 8.63. The van der Waals surface area contributed by atoms with E-state index in [2.05, 4.69) is 15.6 Å². The molecule has 1 amide bonds. The molecule has 0 aliphatic heterocycles. The molecule has 1 aromatic heterocycles. The average molecular weight is 363 g/mol. The van der Waals surface area contributed by atoms with E-state index in [9.17, 15) is 18.0 Å². The van der Waals surface area contributed by atoms with Crippen molar-refractivity contribution in [2.24, 2.45) is 0 Å². The van der Waals surface area contributed by atoms with E-state index >= 15 is 0 Å². The molecule has 2 N–H and O–H groups in total. The fourth-order valence-corrected chi connectivity index (χ4v) is 3.02. The number of pyridine rings is 1. The van der Waals surface area contributed by atoms with Crippen molar-refractivity contribution in [2.45, 2.75) is 44.3 Å². The van der Waals surface area contributed by atoms with Gasteiger partial charge in [0.25, 0.3) is 5.91 Å². The number of anilines is 2. The van der Waals surface area contributed by atoms with E-state index in [0.29, 0.717) is 17.3 Å². The Morgan fingerprint density at radius 3 is 2.27 bits per heavy atom. The number of carbonyl (C=O) groups excluding carboxylic acids is 1. The van der Waals surface area contributed by atoms with Crippen LogP contribution in [0.1, 0.15) is 48.0 Å². The van der Waals surface area contributed by atoms with Crippen LogP contribution in [-0.2, 0) is 6.18 Å². The van der Waals surface area contributed by atoms with Crippen LogP contribution in [0.3, 0.4) is 0 Å². The molecule has 0 spiro atoms. The molecule has 1 aromatic carbocycles. The second-order valence-electron chi connectivity index (χ2n) is 6.44. The molecule has 0 radical (unpaired) electrons. The first kappa shape index (κ1) is 18.2. The predicted octanol–water partition coefficient (Wildman–Crippen LogP) is 5.10. The second kappa shape index (κ2) is 7.76. The van der Waals surface area contributed by atoms with Crippen LogP contribution in [-0.4, -0.2) is 16.9 Å². The summed E-state index contributed by atoms with van der Waals surface area (Å²) < 4.78 is 37.7. The SMILES string of the molecule is O=C(Nc1ccc(C(F)(F)F)cc1)c1ccc(NC2CCCCC2)nc1. The number of nitrogens with one attached hydrogen (secondary N) is 2. The normalized spacial score (nSPS) is 15.5. The van der Waals surface area contributed by atoms with Crippen LogP contribution in [0.15, 0.2) is 42.6 Å². The van der Waals surface area contributed by atoms with Crippen LogP contribution in [0.25, 0.3) is 0 Å². The van der Waals surface area contributed by atoms with Gasteiger partial charge in [0, 0.05) is 17.9 Å². The fraction of sp³-hybridized carbons (Fsp3) is 0.368. The van der Waals surface area contributed by atoms with Gasteiger partial charge in [-0.05, 0) is 49.2 Å². The number of alkyl halides is 3. The van der Waals surface area contributed by atoms with E-state index in [1.54, 1.807) is 12.1 Å². The van der Waals surface area contributed by atoms with Crippen LogP contribution >= 0.6 is 0 Å². The number of hydrogen-bond acceptors (Lipinski definition) is 3. The molecule has 4 nitrogen and oxygen atoms in total. The van der Waals surface area contributed by atoms with Gasteiger partial charge in [0.1, 0.15) is 5.82 Å². The summed E-state index contributed by atoms with van der Waals surface area (Å²) >= 11 is 0. The van der Waals surface area contributed by atoms with Gasteiger partial charge in [-0.2, -0.15) is 13.2 Å². The highest BCUT2D eigenvalue weighted by Crippen LogP contribution is 2.30. The zero-order chi connectivity index (χ0) is 18.6. The second-order valence-corrected chi connectivity index (χ2v) is 6.44. The number of rotatable bonds is 4. The van der Waals surface area contributed by atoms with Gasteiger partial charge in [-0.15, -0.1) is 0 Å². The summed E-state index contributed by atoms with van der Waals surface area (Å²) in [5.41, 5.74) is -0.109. The molecule has 3 rings (SSSR count). The minimum Gasteiger partial charge on any atom is -0.367 e. The highest BCUT2D eigenvalue weighted by Gasteiger charge is 2.30. The number of halogens is 3. The average Bonchev–Trinajstić information content (AvgIpc) is 2.63. The number of carbonyl (C=O) groups is 1. The smallest absolute Gasteiger partial charge is 0.367 e. The van der Waals surface area contributed by atoms with Crippen molar-refractivity contribution in [1.82, 2.24) is 4.98 Å². The van der Waals surface area contributed by atoms with E-state index in [-0.39, 0.29) is 0 Å². The predicted molar refractivity (Wildman–Crippen MR) is 94.1 cm³/mol. The van der Waals surface area contributed by atoms with Crippen molar-refractivity contribution in [2.75, 3.05) is 10.6 Å². The molecule has 0 atom stereocenters. The Kier molecular flexibility index (Phi) is 5.44. The maximum atomic E-state index is 12.6. The Hall–Kier alpha value is -2.57. The minimum absolute atomic E-state index is 0.299. The highest BCUT2D eigenvalue weighted by molar-refractivity contribution is 6.04. The van der Waals surface area contributed by atoms with Crippen molar-refractivity contribution >= 4 is 17.4 Å². The third kappa shape index (κ3) is 4.74. The largest absolute Gasteiger partial charge is 0.416 e. The van der Waals surface area contributed by atoms with Gasteiger partial charge in [0.2, 0.25) is 0 Å². The molecule has 2 aromatic rings. The van der Waals surface area contributed by atoms with E-state index in [1.165, 1.54) is 37.6 Å². The number of amides is 1. The summed E-state index contributed by atoms with van der Waals surface area (Å²) in [6.07, 6.45) is 3.01. The van der Waals surface area contributed by atoms with Crippen LogP contribution in [0.2, 0.25) is 0 Å². The van der Waals surface area contributed by atoms with Crippen LogP contribution in [0, 0.1) is 0 Å². The third-order valence-corrected chi connectivity index (χ3v) is 4.45. The number of hydrogen-bond donors (Lipinski definition) is 2. The molecule has 138 valence electrons. The van der Waals surface area contributed by atoms with Gasteiger partial charge in [0.05, 0.1) is 11.1 Å². The molecule has 0 bridgehead atoms. The van der Waals surface area contributed by atoms with Gasteiger partial charge < -0.3 is 10.6 Å². The topological polar surface area (TPSA) is 54.0 Å². The summed E-state index contributed by atoms with van der Waals surface area (Å²) in [6.45, 7) is 0. The lowest BCUT2D eigenvalue weighted by Gasteiger charge is -2.23. The standard InChI is InChI=1S/C19H20F3N3O/c20-19(21,22)14-7-9-16(10-8-14)25-18(26)13-6-11-17(23-12-13)24-15-4-2-1-3-5-15/h6-12,15H,1-5H2,(H,23,24)(H,25,26). The Balaban J connectivity index is 1.59. The zero-order valence-electron chi connectivity index (χ0n) is 14.1. The molecule has 1 aliphatic rings. The van der Waals surface area contributed by atoms with Crippen molar-refractivity contribution in [1.29, 1.82) is 0 Å². The molecular formula is C19H20F3N3O. The first-order chi connectivity index (χ1) is 12.4. The highest BCUT2D eigenvalue weighted by atomic mass is 19.4. The summed E-state index contributed by atoms with van der Waals surface area (Å²) in [5, 5.41) is 5.94. The molecule has 26 heavy (non-hydrogen) atoms. The van der Waals surface area contributed by atoms with Crippen molar-refractivity contribution in [3.05, 3.63) is 53.7 Å². The Morgan fingerprint density at radius 2 is 1.69 bits per heavy atom. The third-order valence-electron chi connectivity index (χ3n) is 4.45. The minimum atomic E-state index is -4.40. The number of aromatic nitrogens is 1. The fourth-order valence-electron chi connectivity index (χ4n) is 3.02. The van der Waals surface area contributed by atoms with Crippen molar-refractivity contribution in [3.63, 3.8) is 0 Å². The van der Waals surface area contributed by atoms with E-state index in [4.69, 9.17) is 0 Å². The molecule has 1 heterocycles. The van der Waals surface area contributed by atoms with Gasteiger partial charge >= 0.3 is 6.18 Å². The lowest BCUT2D eigenvalue weighted by atomic mass is 9.95. The Labute approximate surface area is 149 Å². The molecule has 7 heteroatoms. The summed E-state index contributed by atoms with van der Waals surface area (Å²) in [5.74, 6) is 0.310. The quantitative estimate of drug-likeness (QED) is 0.795. The molecule has 1 fully saturated rings. The van der Waals surface area contributed by atoms with Crippen molar-refractivity contribution < 1.29 is 18.0 Å². The monoisotopic (exact) mass is 363 g/mol. The first-order valence-electron chi connectivity index (χ1n) is 8.63. The Morgan fingerprint density at radius 1 is 1.00 bits per heavy atom. The summed E-state index contributed by atoms with van der Waals surface area (Å²) in [6, 6.07) is 8.15. The van der Waals surface area contributed by atoms with E-state index in [0.717, 1.165) is 30.8 Å². The zero-order valence-corrected chi connectivity index (χ0v) is 14.1. The van der Waals surface area contributed by atoms with E-state index in [1.807, 2.05) is 0 Å².